The van der Waals surface area contributed by atoms with Gasteiger partial charge in [-0.2, -0.15) is 0 Å². The van der Waals surface area contributed by atoms with Crippen LogP contribution in [0.25, 0.3) is 32.7 Å². The van der Waals surface area contributed by atoms with Gasteiger partial charge in [0.15, 0.2) is 0 Å². The molecule has 0 aliphatic carbocycles. The maximum Gasteiger partial charge on any atom is 0.105 e. The number of ether oxygens (including phenoxy) is 4. The third kappa shape index (κ3) is 5.28. The summed E-state index contributed by atoms with van der Waals surface area (Å²) in [4.78, 5) is 0. The van der Waals surface area contributed by atoms with Crippen molar-refractivity contribution in [2.75, 3.05) is 65.9 Å². The highest BCUT2D eigenvalue weighted by Crippen LogP contribution is 2.43. The molecule has 0 saturated carbocycles. The van der Waals surface area contributed by atoms with Crippen LogP contribution in [0.1, 0.15) is 11.1 Å². The Hall–Kier alpha value is -2.80. The summed E-state index contributed by atoms with van der Waals surface area (Å²) in [7, 11) is 0. The van der Waals surface area contributed by atoms with Crippen molar-refractivity contribution in [1.29, 1.82) is 0 Å². The van der Waals surface area contributed by atoms with Crippen LogP contribution in [-0.4, -0.2) is 70.4 Å². The van der Waals surface area contributed by atoms with Crippen molar-refractivity contribution in [2.24, 2.45) is 0 Å². The molecule has 5 heteroatoms. The lowest BCUT2D eigenvalue weighted by atomic mass is 9.88. The molecular formula is C32H36NO4+. The summed E-state index contributed by atoms with van der Waals surface area (Å²) < 4.78 is 24.3. The third-order valence-electron chi connectivity index (χ3n) is 7.83. The third-order valence-corrected chi connectivity index (χ3v) is 7.83. The maximum absolute atomic E-state index is 6.07. The van der Waals surface area contributed by atoms with Crippen molar-refractivity contribution in [1.82, 2.24) is 0 Å². The minimum Gasteiger partial charge on any atom is -0.377 e. The lowest BCUT2D eigenvalue weighted by molar-refractivity contribution is -0.953. The Morgan fingerprint density at radius 1 is 0.432 bits per heavy atom. The number of hydrogen-bond donors (Lipinski definition) is 0. The fraction of sp³-hybridized carbons (Fsp3) is 0.375. The number of nitrogens with zero attached hydrogens (tertiary/aromatic N) is 1. The molecule has 1 fully saturated rings. The summed E-state index contributed by atoms with van der Waals surface area (Å²) in [6.45, 7) is 8.77. The first-order valence-corrected chi connectivity index (χ1v) is 13.5. The van der Waals surface area contributed by atoms with Crippen LogP contribution >= 0.6 is 0 Å². The van der Waals surface area contributed by atoms with Crippen LogP contribution in [0.15, 0.2) is 72.8 Å². The van der Waals surface area contributed by atoms with Gasteiger partial charge in [0.2, 0.25) is 0 Å². The molecule has 4 aromatic carbocycles. The number of hydrogen-bond acceptors (Lipinski definition) is 4. The van der Waals surface area contributed by atoms with E-state index < -0.39 is 0 Å². The Labute approximate surface area is 219 Å². The Morgan fingerprint density at radius 3 is 1.30 bits per heavy atom. The molecule has 1 saturated heterocycles. The van der Waals surface area contributed by atoms with Gasteiger partial charge < -0.3 is 23.4 Å². The number of benzene rings is 4. The molecule has 0 amide bonds. The van der Waals surface area contributed by atoms with Crippen LogP contribution < -0.4 is 0 Å². The fourth-order valence-electron chi connectivity index (χ4n) is 5.97. The Kier molecular flexibility index (Phi) is 7.49. The highest BCUT2D eigenvalue weighted by molar-refractivity contribution is 6.07. The van der Waals surface area contributed by atoms with Crippen LogP contribution in [0.3, 0.4) is 0 Å². The average Bonchev–Trinajstić information content (AvgIpc) is 3.08. The minimum atomic E-state index is 0.596. The highest BCUT2D eigenvalue weighted by Gasteiger charge is 2.34. The fourth-order valence-corrected chi connectivity index (χ4v) is 5.97. The van der Waals surface area contributed by atoms with Gasteiger partial charge in [0.1, 0.15) is 26.2 Å². The van der Waals surface area contributed by atoms with E-state index in [9.17, 15) is 0 Å². The standard InChI is InChI=1S/C32H36NO4/c1-3-7-29-25(5-1)9-11-27-23-33(13-15-34-17-19-36-21-22-37-20-18-35-16-14-33)24-28-12-10-26-6-2-4-8-30(26)32(28)31(27)29/h1-12H,13-24H2/q+1. The van der Waals surface area contributed by atoms with Crippen molar-refractivity contribution in [3.05, 3.63) is 83.9 Å². The molecule has 2 aliphatic heterocycles. The first-order valence-electron chi connectivity index (χ1n) is 13.5. The summed E-state index contributed by atoms with van der Waals surface area (Å²) in [6, 6.07) is 26.9. The van der Waals surface area contributed by atoms with Crippen molar-refractivity contribution in [2.45, 2.75) is 13.1 Å². The molecule has 0 aromatic heterocycles. The number of fused-ring (bicyclic) bond motifs is 7. The van der Waals surface area contributed by atoms with E-state index >= 15 is 0 Å². The smallest absolute Gasteiger partial charge is 0.105 e. The molecule has 0 N–H and O–H groups in total. The molecule has 2 heterocycles. The van der Waals surface area contributed by atoms with E-state index in [4.69, 9.17) is 18.9 Å². The molecule has 1 spiro atoms. The van der Waals surface area contributed by atoms with Gasteiger partial charge in [-0.25, -0.2) is 0 Å². The van der Waals surface area contributed by atoms with Gasteiger partial charge in [0.25, 0.3) is 0 Å². The topological polar surface area (TPSA) is 36.9 Å². The predicted octanol–water partition coefficient (Wildman–Crippen LogP) is 5.57. The van der Waals surface area contributed by atoms with Crippen LogP contribution in [0.2, 0.25) is 0 Å². The van der Waals surface area contributed by atoms with Crippen molar-refractivity contribution in [3.63, 3.8) is 0 Å². The zero-order valence-electron chi connectivity index (χ0n) is 21.5. The molecule has 0 bridgehead atoms. The largest absolute Gasteiger partial charge is 0.377 e. The normalized spacial score (nSPS) is 19.5. The molecule has 6 rings (SSSR count). The van der Waals surface area contributed by atoms with Crippen molar-refractivity contribution >= 4 is 21.5 Å². The van der Waals surface area contributed by atoms with E-state index in [0.717, 1.165) is 30.7 Å². The van der Waals surface area contributed by atoms with Crippen molar-refractivity contribution in [3.8, 4) is 11.1 Å². The Bertz CT molecular complexity index is 1260. The summed E-state index contributed by atoms with van der Waals surface area (Å²) in [6.07, 6.45) is 0. The van der Waals surface area contributed by atoms with Gasteiger partial charge in [-0.3, -0.25) is 0 Å². The summed E-state index contributed by atoms with van der Waals surface area (Å²) in [5, 5.41) is 5.24. The van der Waals surface area contributed by atoms with Gasteiger partial charge in [-0.1, -0.05) is 72.8 Å². The quantitative estimate of drug-likeness (QED) is 0.297. The molecule has 0 atom stereocenters. The van der Waals surface area contributed by atoms with E-state index in [1.807, 2.05) is 0 Å². The van der Waals surface area contributed by atoms with Gasteiger partial charge in [-0.05, 0) is 32.7 Å². The average molecular weight is 499 g/mol. The van der Waals surface area contributed by atoms with Gasteiger partial charge in [0.05, 0.1) is 52.9 Å². The van der Waals surface area contributed by atoms with E-state index in [0.29, 0.717) is 52.9 Å². The van der Waals surface area contributed by atoms with Gasteiger partial charge in [-0.15, -0.1) is 0 Å². The zero-order valence-corrected chi connectivity index (χ0v) is 21.5. The summed E-state index contributed by atoms with van der Waals surface area (Å²) >= 11 is 0. The molecule has 37 heavy (non-hydrogen) atoms. The van der Waals surface area contributed by atoms with Crippen molar-refractivity contribution < 1.29 is 23.4 Å². The van der Waals surface area contributed by atoms with Gasteiger partial charge >= 0.3 is 0 Å². The SMILES string of the molecule is c1ccc2c3c(ccc2c1)C[N+]1(CCOCCOCCOCCOCC1)Cc1ccc2ccccc2c1-3. The second-order valence-electron chi connectivity index (χ2n) is 10.2. The number of quaternary nitrogens is 1. The second kappa shape index (κ2) is 11.3. The molecule has 0 unspecified atom stereocenters. The lowest BCUT2D eigenvalue weighted by Crippen LogP contribution is -2.50. The first kappa shape index (κ1) is 24.5. The molecule has 4 aromatic rings. The van der Waals surface area contributed by atoms with Crippen LogP contribution in [-0.2, 0) is 32.0 Å². The monoisotopic (exact) mass is 498 g/mol. The number of rotatable bonds is 0. The summed E-state index contributed by atoms with van der Waals surface area (Å²) in [5.41, 5.74) is 5.58. The van der Waals surface area contributed by atoms with E-state index in [-0.39, 0.29) is 0 Å². The Balaban J connectivity index is 1.46. The van der Waals surface area contributed by atoms with E-state index in [2.05, 4.69) is 72.8 Å². The molecular weight excluding hydrogens is 462 g/mol. The van der Waals surface area contributed by atoms with E-state index in [1.54, 1.807) is 0 Å². The van der Waals surface area contributed by atoms with Gasteiger partial charge in [0, 0.05) is 11.1 Å². The molecule has 192 valence electrons. The van der Waals surface area contributed by atoms with Crippen LogP contribution in [0, 0.1) is 0 Å². The zero-order chi connectivity index (χ0) is 24.9. The first-order chi connectivity index (χ1) is 18.3. The van der Waals surface area contributed by atoms with Crippen LogP contribution in [0.4, 0.5) is 0 Å². The summed E-state index contributed by atoms with van der Waals surface area (Å²) in [5.74, 6) is 0. The maximum atomic E-state index is 6.07. The highest BCUT2D eigenvalue weighted by atomic mass is 16.6. The Morgan fingerprint density at radius 2 is 0.838 bits per heavy atom. The van der Waals surface area contributed by atoms with E-state index in [1.165, 1.54) is 43.8 Å². The minimum absolute atomic E-state index is 0.596. The molecule has 2 aliphatic rings. The van der Waals surface area contributed by atoms with Crippen LogP contribution in [0.5, 0.6) is 0 Å². The second-order valence-corrected chi connectivity index (χ2v) is 10.2. The molecule has 0 radical (unpaired) electrons. The molecule has 5 nitrogen and oxygen atoms in total. The lowest BCUT2D eigenvalue weighted by Gasteiger charge is -2.38. The predicted molar refractivity (Wildman–Crippen MR) is 148 cm³/mol.